The quantitative estimate of drug-likeness (QED) is 0.194. The number of carbonyl (C=O) groups is 1. The molecule has 3 aromatic rings. The Balaban J connectivity index is 1.40. The van der Waals surface area contributed by atoms with Gasteiger partial charge in [0.15, 0.2) is 0 Å². The second-order valence-corrected chi connectivity index (χ2v) is 11.4. The number of fused-ring (bicyclic) bond motifs is 1. The third-order valence-electron chi connectivity index (χ3n) is 8.00. The first-order valence-corrected chi connectivity index (χ1v) is 15.1. The molecule has 2 unspecified atom stereocenters. The van der Waals surface area contributed by atoms with Gasteiger partial charge in [0.1, 0.15) is 30.0 Å². The molecule has 0 bridgehead atoms. The molecule has 3 N–H and O–H groups in total. The van der Waals surface area contributed by atoms with Crippen LogP contribution in [0.4, 0.5) is 0 Å². The van der Waals surface area contributed by atoms with Crippen LogP contribution in [0, 0.1) is 17.2 Å². The fourth-order valence-corrected chi connectivity index (χ4v) is 5.95. The fourth-order valence-electron chi connectivity index (χ4n) is 5.72. The van der Waals surface area contributed by atoms with Crippen molar-refractivity contribution in [1.29, 1.82) is 5.26 Å². The molecule has 226 valence electrons. The van der Waals surface area contributed by atoms with Crippen LogP contribution in [0.3, 0.4) is 0 Å². The minimum absolute atomic E-state index is 0.218. The summed E-state index contributed by atoms with van der Waals surface area (Å²) in [6.07, 6.45) is 10.9. The number of halogens is 1. The summed E-state index contributed by atoms with van der Waals surface area (Å²) in [5.41, 5.74) is 6.48. The minimum Gasteiger partial charge on any atom is -0.508 e. The van der Waals surface area contributed by atoms with Crippen molar-refractivity contribution in [3.8, 4) is 34.4 Å². The van der Waals surface area contributed by atoms with Crippen molar-refractivity contribution in [1.82, 2.24) is 0 Å². The fraction of sp³-hybridized carbons (Fsp3) is 0.278. The maximum Gasteiger partial charge on any atom is 0.308 e. The van der Waals surface area contributed by atoms with Crippen molar-refractivity contribution in [3.63, 3.8) is 0 Å². The monoisotopic (exact) mass is 611 g/mol. The first-order chi connectivity index (χ1) is 21.4. The lowest BCUT2D eigenvalue weighted by molar-refractivity contribution is -0.143. The molecule has 3 aromatic carbocycles. The van der Waals surface area contributed by atoms with Gasteiger partial charge in [-0.25, -0.2) is 0 Å². The van der Waals surface area contributed by atoms with E-state index in [4.69, 9.17) is 21.1 Å². The van der Waals surface area contributed by atoms with Gasteiger partial charge in [-0.15, -0.1) is 0 Å². The predicted molar refractivity (Wildman–Crippen MR) is 169 cm³/mol. The molecule has 0 spiro atoms. The number of hydrogen-bond donors (Lipinski definition) is 3. The van der Waals surface area contributed by atoms with Gasteiger partial charge in [-0.05, 0) is 102 Å². The largest absolute Gasteiger partial charge is 0.508 e. The molecule has 0 fully saturated rings. The van der Waals surface area contributed by atoms with E-state index in [1.54, 1.807) is 36.4 Å². The zero-order valence-corrected chi connectivity index (χ0v) is 25.0. The van der Waals surface area contributed by atoms with Crippen molar-refractivity contribution in [2.75, 3.05) is 13.2 Å². The number of nitriles is 1. The smallest absolute Gasteiger partial charge is 0.308 e. The molecule has 8 heteroatoms. The normalized spacial score (nSPS) is 16.2. The van der Waals surface area contributed by atoms with Gasteiger partial charge in [-0.2, -0.15) is 5.26 Å². The number of aliphatic carboxylic acids is 1. The summed E-state index contributed by atoms with van der Waals surface area (Å²) in [7, 11) is 0. The number of aliphatic hydroxyl groups is 1. The number of aliphatic hydroxyl groups excluding tert-OH is 1. The van der Waals surface area contributed by atoms with Crippen molar-refractivity contribution in [2.24, 2.45) is 5.92 Å². The molecule has 7 nitrogen and oxygen atoms in total. The summed E-state index contributed by atoms with van der Waals surface area (Å²) in [6.45, 7) is -0.188. The van der Waals surface area contributed by atoms with Gasteiger partial charge in [-0.3, -0.25) is 4.79 Å². The maximum absolute atomic E-state index is 11.4. The van der Waals surface area contributed by atoms with Crippen LogP contribution < -0.4 is 9.47 Å². The van der Waals surface area contributed by atoms with Crippen LogP contribution in [0.15, 0.2) is 90.0 Å². The Morgan fingerprint density at radius 1 is 1.14 bits per heavy atom. The Morgan fingerprint density at radius 2 is 1.98 bits per heavy atom. The molecule has 44 heavy (non-hydrogen) atoms. The van der Waals surface area contributed by atoms with Crippen LogP contribution in [0.25, 0.3) is 11.1 Å². The second-order valence-electron chi connectivity index (χ2n) is 11.0. The average Bonchev–Trinajstić information content (AvgIpc) is 3.28. The first-order valence-electron chi connectivity index (χ1n) is 14.7. The van der Waals surface area contributed by atoms with E-state index < -0.39 is 18.5 Å². The summed E-state index contributed by atoms with van der Waals surface area (Å²) < 4.78 is 12.8. The number of allylic oxidation sites excluding steroid dienone is 4. The number of nitrogens with zero attached hydrogens (tertiary/aromatic N) is 1. The van der Waals surface area contributed by atoms with Crippen LogP contribution >= 0.6 is 11.6 Å². The van der Waals surface area contributed by atoms with Crippen LogP contribution in [-0.2, 0) is 17.6 Å². The number of aromatic hydroxyl groups is 1. The van der Waals surface area contributed by atoms with Gasteiger partial charge in [-0.1, -0.05) is 54.1 Å². The number of benzene rings is 3. The van der Waals surface area contributed by atoms with E-state index in [9.17, 15) is 25.4 Å². The SMILES string of the molecule is N#CC1=CC(COc2cc(OC3CCc4c(-c5cccc(O)c5)cccc43)c(Cl)cc2CCCC(CO)C(=O)O)=CCC=C1. The zero-order chi connectivity index (χ0) is 31.1. The summed E-state index contributed by atoms with van der Waals surface area (Å²) >= 11 is 6.77. The van der Waals surface area contributed by atoms with Gasteiger partial charge >= 0.3 is 5.97 Å². The minimum atomic E-state index is -1.02. The number of hydrogen-bond acceptors (Lipinski definition) is 6. The molecule has 2 aliphatic carbocycles. The van der Waals surface area contributed by atoms with E-state index in [1.165, 1.54) is 5.56 Å². The number of aryl methyl sites for hydroxylation is 1. The number of carboxylic acids is 1. The summed E-state index contributed by atoms with van der Waals surface area (Å²) in [5.74, 6) is -0.589. The average molecular weight is 612 g/mol. The Kier molecular flexibility index (Phi) is 10.1. The zero-order valence-electron chi connectivity index (χ0n) is 24.2. The van der Waals surface area contributed by atoms with Crippen molar-refractivity contribution in [2.45, 2.75) is 44.6 Å². The van der Waals surface area contributed by atoms with Crippen LogP contribution in [-0.4, -0.2) is 34.5 Å². The summed E-state index contributed by atoms with van der Waals surface area (Å²) in [4.78, 5) is 11.4. The van der Waals surface area contributed by atoms with E-state index in [-0.39, 0.29) is 18.5 Å². The molecule has 0 saturated heterocycles. The van der Waals surface area contributed by atoms with Crippen LogP contribution in [0.1, 0.15) is 48.5 Å². The lowest BCUT2D eigenvalue weighted by Gasteiger charge is -2.20. The number of phenolic OH excluding ortho intramolecular Hbond substituents is 1. The Bertz CT molecular complexity index is 1670. The van der Waals surface area contributed by atoms with Gasteiger partial charge in [0.2, 0.25) is 0 Å². The molecule has 0 heterocycles. The standard InChI is InChI=1S/C36H34ClNO6/c37-32-18-26(9-3-10-27(21-39)36(41)42)34(43-22-24-7-2-1-6-23(16-24)20-38)19-35(32)44-33-15-14-30-29(12-5-13-31(30)33)25-8-4-11-28(40)17-25/h1,4-8,11-13,16-19,27,33,39-40H,2-3,9-10,14-15,21-22H2,(H,41,42). The lowest BCUT2D eigenvalue weighted by Crippen LogP contribution is -2.17. The maximum atomic E-state index is 11.4. The van der Waals surface area contributed by atoms with Crippen LogP contribution in [0.2, 0.25) is 5.02 Å². The molecule has 0 radical (unpaired) electrons. The molecule has 0 aliphatic heterocycles. The third kappa shape index (κ3) is 7.34. The van der Waals surface area contributed by atoms with Gasteiger partial charge in [0.25, 0.3) is 0 Å². The molecular weight excluding hydrogens is 578 g/mol. The van der Waals surface area contributed by atoms with E-state index in [1.807, 2.05) is 30.4 Å². The van der Waals surface area contributed by atoms with Crippen LogP contribution in [0.5, 0.6) is 17.2 Å². The number of phenols is 1. The molecule has 2 atom stereocenters. The summed E-state index contributed by atoms with van der Waals surface area (Å²) in [5, 5.41) is 38.6. The predicted octanol–water partition coefficient (Wildman–Crippen LogP) is 7.51. The molecule has 2 aliphatic rings. The topological polar surface area (TPSA) is 120 Å². The highest BCUT2D eigenvalue weighted by molar-refractivity contribution is 6.32. The number of rotatable bonds is 12. The number of ether oxygens (including phenoxy) is 2. The molecular formula is C36H34ClNO6. The molecule has 5 rings (SSSR count). The van der Waals surface area contributed by atoms with E-state index >= 15 is 0 Å². The van der Waals surface area contributed by atoms with Gasteiger partial charge in [0.05, 0.1) is 29.2 Å². The van der Waals surface area contributed by atoms with E-state index in [2.05, 4.69) is 18.2 Å². The van der Waals surface area contributed by atoms with Crippen molar-refractivity contribution in [3.05, 3.63) is 112 Å². The second kappa shape index (κ2) is 14.3. The Labute approximate surface area is 262 Å². The van der Waals surface area contributed by atoms with Crippen molar-refractivity contribution >= 4 is 17.6 Å². The first kappa shape index (κ1) is 30.9. The number of carboxylic acid groups (broad SMARTS) is 1. The highest BCUT2D eigenvalue weighted by Crippen LogP contribution is 2.43. The molecule has 0 aromatic heterocycles. The van der Waals surface area contributed by atoms with E-state index in [0.29, 0.717) is 47.8 Å². The Hall–Kier alpha value is -4.51. The van der Waals surface area contributed by atoms with E-state index in [0.717, 1.165) is 40.7 Å². The van der Waals surface area contributed by atoms with Gasteiger partial charge < -0.3 is 24.8 Å². The summed E-state index contributed by atoms with van der Waals surface area (Å²) in [6, 6.07) is 19.1. The lowest BCUT2D eigenvalue weighted by atomic mass is 9.96. The third-order valence-corrected chi connectivity index (χ3v) is 8.30. The van der Waals surface area contributed by atoms with Crippen molar-refractivity contribution < 1.29 is 29.6 Å². The highest BCUT2D eigenvalue weighted by atomic mass is 35.5. The van der Waals surface area contributed by atoms with Gasteiger partial charge in [0, 0.05) is 6.07 Å². The highest BCUT2D eigenvalue weighted by Gasteiger charge is 2.28. The molecule has 0 amide bonds. The molecule has 0 saturated carbocycles. The Morgan fingerprint density at radius 3 is 2.75 bits per heavy atom.